The summed E-state index contributed by atoms with van der Waals surface area (Å²) in [6.07, 6.45) is 6.08. The molecule has 2 aromatic heterocycles. The fourth-order valence-electron chi connectivity index (χ4n) is 1.64. The van der Waals surface area contributed by atoms with Crippen molar-refractivity contribution >= 4 is 16.0 Å². The highest BCUT2D eigenvalue weighted by Gasteiger charge is 2.16. The van der Waals surface area contributed by atoms with Gasteiger partial charge in [0.2, 0.25) is 10.0 Å². The van der Waals surface area contributed by atoms with Crippen LogP contribution < -0.4 is 4.72 Å². The van der Waals surface area contributed by atoms with E-state index in [0.717, 1.165) is 0 Å². The van der Waals surface area contributed by atoms with Crippen LogP contribution in [0, 0.1) is 0 Å². The number of carbonyl (C=O) groups is 1. The number of carboxylic acids is 1. The van der Waals surface area contributed by atoms with Gasteiger partial charge in [-0.1, -0.05) is 0 Å². The van der Waals surface area contributed by atoms with Crippen LogP contribution in [0.15, 0.2) is 29.7 Å². The highest BCUT2D eigenvalue weighted by atomic mass is 32.2. The maximum absolute atomic E-state index is 12.0. The number of hydrogen-bond donors (Lipinski definition) is 3. The van der Waals surface area contributed by atoms with Gasteiger partial charge in [-0.25, -0.2) is 18.1 Å². The summed E-state index contributed by atoms with van der Waals surface area (Å²) < 4.78 is 27.7. The van der Waals surface area contributed by atoms with E-state index in [0.29, 0.717) is 12.2 Å². The van der Waals surface area contributed by atoms with Crippen molar-refractivity contribution in [3.63, 3.8) is 0 Å². The zero-order valence-corrected chi connectivity index (χ0v) is 11.9. The maximum atomic E-state index is 12.0. The fraction of sp³-hybridized carbons (Fsp3) is 0.364. The van der Waals surface area contributed by atoms with Gasteiger partial charge >= 0.3 is 5.97 Å². The zero-order valence-electron chi connectivity index (χ0n) is 11.1. The summed E-state index contributed by atoms with van der Waals surface area (Å²) in [5, 5.41) is 12.4. The van der Waals surface area contributed by atoms with Crippen LogP contribution in [0.4, 0.5) is 0 Å². The van der Waals surface area contributed by atoms with Crippen LogP contribution in [-0.4, -0.2) is 45.8 Å². The molecule has 0 aromatic carbocycles. The summed E-state index contributed by atoms with van der Waals surface area (Å²) in [5.74, 6) is -0.277. The van der Waals surface area contributed by atoms with E-state index >= 15 is 0 Å². The summed E-state index contributed by atoms with van der Waals surface area (Å²) in [5.41, 5.74) is 0. The van der Waals surface area contributed by atoms with E-state index in [1.54, 1.807) is 12.4 Å². The molecule has 0 saturated heterocycles. The van der Waals surface area contributed by atoms with Crippen LogP contribution >= 0.6 is 0 Å². The average molecular weight is 313 g/mol. The number of rotatable bonds is 8. The molecule has 0 bridgehead atoms. The molecule has 0 aliphatic rings. The van der Waals surface area contributed by atoms with Crippen LogP contribution in [0.3, 0.4) is 0 Å². The predicted octanol–water partition coefficient (Wildman–Crippen LogP) is -0.398. The lowest BCUT2D eigenvalue weighted by Gasteiger charge is -2.03. The van der Waals surface area contributed by atoms with Crippen molar-refractivity contribution in [3.05, 3.63) is 30.6 Å². The summed E-state index contributed by atoms with van der Waals surface area (Å²) >= 11 is 0. The number of hydrogen-bond acceptors (Lipinski definition) is 5. The number of carboxylic acid groups (broad SMARTS) is 1. The Kier molecular flexibility index (Phi) is 4.70. The number of H-pyrrole nitrogens is 1. The normalized spacial score (nSPS) is 11.6. The molecule has 0 aliphatic heterocycles. The standard InChI is InChI=1S/C11H15N5O4S/c17-11(18)2-6-16-8-9(7-14-16)21(19,20)15-3-1-10-12-4-5-13-10/h4-5,7-8,15H,1-3,6H2,(H,12,13)(H,17,18). The molecule has 2 rings (SSSR count). The lowest BCUT2D eigenvalue weighted by molar-refractivity contribution is -0.137. The van der Waals surface area contributed by atoms with Gasteiger partial charge in [-0.15, -0.1) is 0 Å². The van der Waals surface area contributed by atoms with Crippen LogP contribution in [0.2, 0.25) is 0 Å². The molecule has 0 atom stereocenters. The molecule has 0 spiro atoms. The minimum Gasteiger partial charge on any atom is -0.481 e. The second kappa shape index (κ2) is 6.50. The molecule has 3 N–H and O–H groups in total. The molecule has 114 valence electrons. The Morgan fingerprint density at radius 1 is 1.48 bits per heavy atom. The van der Waals surface area contributed by atoms with Gasteiger partial charge < -0.3 is 10.1 Å². The van der Waals surface area contributed by atoms with Crippen molar-refractivity contribution in [1.82, 2.24) is 24.5 Å². The Morgan fingerprint density at radius 2 is 2.29 bits per heavy atom. The van der Waals surface area contributed by atoms with E-state index in [9.17, 15) is 13.2 Å². The molecule has 0 aliphatic carbocycles. The molecular formula is C11H15N5O4S. The number of aliphatic carboxylic acids is 1. The first-order chi connectivity index (χ1) is 9.97. The number of aryl methyl sites for hydroxylation is 1. The van der Waals surface area contributed by atoms with E-state index in [-0.39, 0.29) is 24.4 Å². The summed E-state index contributed by atoms with van der Waals surface area (Å²) in [7, 11) is -3.65. The van der Waals surface area contributed by atoms with Gasteiger partial charge in [0.25, 0.3) is 0 Å². The number of aromatic amines is 1. The lowest BCUT2D eigenvalue weighted by Crippen LogP contribution is -2.26. The average Bonchev–Trinajstić information content (AvgIpc) is 3.07. The molecule has 0 amide bonds. The zero-order chi connectivity index (χ0) is 15.3. The molecule has 2 heterocycles. The first kappa shape index (κ1) is 15.2. The van der Waals surface area contributed by atoms with Crippen LogP contribution in [-0.2, 0) is 27.8 Å². The minimum atomic E-state index is -3.65. The summed E-state index contributed by atoms with van der Waals surface area (Å²) in [6, 6.07) is 0. The van der Waals surface area contributed by atoms with E-state index in [2.05, 4.69) is 19.8 Å². The molecule has 0 radical (unpaired) electrons. The molecule has 21 heavy (non-hydrogen) atoms. The molecule has 10 heteroatoms. The van der Waals surface area contributed by atoms with Crippen molar-refractivity contribution in [3.8, 4) is 0 Å². The van der Waals surface area contributed by atoms with Crippen LogP contribution in [0.25, 0.3) is 0 Å². The van der Waals surface area contributed by atoms with Gasteiger partial charge in [-0.05, 0) is 0 Å². The highest BCUT2D eigenvalue weighted by molar-refractivity contribution is 7.89. The van der Waals surface area contributed by atoms with Crippen molar-refractivity contribution in [1.29, 1.82) is 0 Å². The fourth-order valence-corrected chi connectivity index (χ4v) is 2.62. The van der Waals surface area contributed by atoms with Crippen molar-refractivity contribution in [2.45, 2.75) is 24.3 Å². The third kappa shape index (κ3) is 4.39. The third-order valence-electron chi connectivity index (χ3n) is 2.68. The molecule has 0 unspecified atom stereocenters. The topological polar surface area (TPSA) is 130 Å². The number of nitrogens with one attached hydrogen (secondary N) is 2. The predicted molar refractivity (Wildman–Crippen MR) is 72.0 cm³/mol. The number of nitrogens with zero attached hydrogens (tertiary/aromatic N) is 3. The molecule has 2 aromatic rings. The van der Waals surface area contributed by atoms with E-state index in [1.165, 1.54) is 17.1 Å². The van der Waals surface area contributed by atoms with E-state index in [1.807, 2.05) is 0 Å². The van der Waals surface area contributed by atoms with E-state index < -0.39 is 16.0 Å². The Balaban J connectivity index is 1.91. The smallest absolute Gasteiger partial charge is 0.305 e. The van der Waals surface area contributed by atoms with Crippen LogP contribution in [0.5, 0.6) is 0 Å². The largest absolute Gasteiger partial charge is 0.481 e. The van der Waals surface area contributed by atoms with Crippen molar-refractivity contribution < 1.29 is 18.3 Å². The van der Waals surface area contributed by atoms with Gasteiger partial charge in [-0.2, -0.15) is 5.10 Å². The quantitative estimate of drug-likeness (QED) is 0.608. The SMILES string of the molecule is O=C(O)CCn1cc(S(=O)(=O)NCCc2ncc[nH]2)cn1. The van der Waals surface area contributed by atoms with Crippen LogP contribution in [0.1, 0.15) is 12.2 Å². The third-order valence-corrected chi connectivity index (χ3v) is 4.10. The highest BCUT2D eigenvalue weighted by Crippen LogP contribution is 2.07. The minimum absolute atomic E-state index is 0.00679. The Labute approximate surface area is 121 Å². The second-order valence-corrected chi connectivity index (χ2v) is 6.03. The van der Waals surface area contributed by atoms with Gasteiger partial charge in [0.1, 0.15) is 10.7 Å². The lowest BCUT2D eigenvalue weighted by atomic mass is 10.4. The van der Waals surface area contributed by atoms with Gasteiger partial charge in [-0.3, -0.25) is 9.48 Å². The Bertz CT molecular complexity index is 692. The number of sulfonamides is 1. The van der Waals surface area contributed by atoms with Gasteiger partial charge in [0.05, 0.1) is 19.2 Å². The second-order valence-electron chi connectivity index (χ2n) is 4.27. The molecule has 9 nitrogen and oxygen atoms in total. The molecule has 0 fully saturated rings. The van der Waals surface area contributed by atoms with Gasteiger partial charge in [0.15, 0.2) is 0 Å². The monoisotopic (exact) mass is 313 g/mol. The first-order valence-electron chi connectivity index (χ1n) is 6.19. The van der Waals surface area contributed by atoms with Crippen molar-refractivity contribution in [2.75, 3.05) is 6.54 Å². The Morgan fingerprint density at radius 3 is 2.95 bits per heavy atom. The summed E-state index contributed by atoms with van der Waals surface area (Å²) in [4.78, 5) is 17.3. The van der Waals surface area contributed by atoms with Gasteiger partial charge in [0, 0.05) is 31.6 Å². The number of aromatic nitrogens is 4. The summed E-state index contributed by atoms with van der Waals surface area (Å²) in [6.45, 7) is 0.327. The number of imidazole rings is 1. The molecular weight excluding hydrogens is 298 g/mol. The van der Waals surface area contributed by atoms with Crippen molar-refractivity contribution in [2.24, 2.45) is 0 Å². The Hall–Kier alpha value is -2.20. The van der Waals surface area contributed by atoms with E-state index in [4.69, 9.17) is 5.11 Å². The maximum Gasteiger partial charge on any atom is 0.305 e. The molecule has 0 saturated carbocycles. The first-order valence-corrected chi connectivity index (χ1v) is 7.68.